The minimum absolute atomic E-state index is 0.0855. The molecule has 2 aromatic carbocycles. The van der Waals surface area contributed by atoms with E-state index in [0.717, 1.165) is 16.9 Å². The maximum absolute atomic E-state index is 13.0. The smallest absolute Gasteiger partial charge is 0.147 e. The molecule has 0 aliphatic rings. The molecule has 2 nitrogen and oxygen atoms in total. The van der Waals surface area contributed by atoms with Crippen LogP contribution in [0.3, 0.4) is 0 Å². The second-order valence-corrected chi connectivity index (χ2v) is 5.58. The molecule has 0 spiro atoms. The van der Waals surface area contributed by atoms with E-state index in [1.165, 1.54) is 12.1 Å². The van der Waals surface area contributed by atoms with Crippen molar-refractivity contribution >= 4 is 5.78 Å². The lowest BCUT2D eigenvalue weighted by atomic mass is 9.78. The first-order valence-corrected chi connectivity index (χ1v) is 6.86. The highest BCUT2D eigenvalue weighted by molar-refractivity contribution is 5.91. The van der Waals surface area contributed by atoms with Crippen LogP contribution < -0.4 is 4.74 Å². The van der Waals surface area contributed by atoms with Crippen LogP contribution in [0.1, 0.15) is 25.0 Å². The third-order valence-electron chi connectivity index (χ3n) is 3.76. The molecule has 0 amide bonds. The normalized spacial score (nSPS) is 11.2. The maximum atomic E-state index is 13.0. The lowest BCUT2D eigenvalue weighted by Crippen LogP contribution is -2.30. The first-order chi connectivity index (χ1) is 9.93. The van der Waals surface area contributed by atoms with Gasteiger partial charge in [0.15, 0.2) is 0 Å². The van der Waals surface area contributed by atoms with Crippen molar-refractivity contribution in [2.75, 3.05) is 7.11 Å². The largest absolute Gasteiger partial charge is 0.497 e. The van der Waals surface area contributed by atoms with Gasteiger partial charge in [-0.25, -0.2) is 4.39 Å². The number of hydrogen-bond acceptors (Lipinski definition) is 2. The van der Waals surface area contributed by atoms with E-state index in [0.29, 0.717) is 6.42 Å². The first kappa shape index (κ1) is 15.2. The number of carbonyl (C=O) groups is 1. The molecule has 0 fully saturated rings. The molecule has 21 heavy (non-hydrogen) atoms. The summed E-state index contributed by atoms with van der Waals surface area (Å²) in [6.07, 6.45) is 0.321. The summed E-state index contributed by atoms with van der Waals surface area (Å²) < 4.78 is 18.2. The van der Waals surface area contributed by atoms with Gasteiger partial charge in [-0.2, -0.15) is 0 Å². The predicted molar refractivity (Wildman–Crippen MR) is 81.1 cm³/mol. The Hall–Kier alpha value is -2.16. The van der Waals surface area contributed by atoms with Crippen molar-refractivity contribution in [3.05, 3.63) is 65.5 Å². The number of carbonyl (C=O) groups excluding carboxylic acids is 1. The van der Waals surface area contributed by atoms with Crippen molar-refractivity contribution in [2.24, 2.45) is 0 Å². The zero-order chi connectivity index (χ0) is 15.5. The Labute approximate surface area is 124 Å². The molecule has 0 atom stereocenters. The average Bonchev–Trinajstić information content (AvgIpc) is 2.48. The Bertz CT molecular complexity index is 630. The molecule has 0 bridgehead atoms. The fourth-order valence-electron chi connectivity index (χ4n) is 2.22. The van der Waals surface area contributed by atoms with Crippen molar-refractivity contribution in [2.45, 2.75) is 25.7 Å². The Balaban J connectivity index is 2.19. The Morgan fingerprint density at radius 3 is 2.43 bits per heavy atom. The molecule has 2 rings (SSSR count). The van der Waals surface area contributed by atoms with Gasteiger partial charge in [0.2, 0.25) is 0 Å². The summed E-state index contributed by atoms with van der Waals surface area (Å²) in [5.74, 6) is 0.525. The summed E-state index contributed by atoms with van der Waals surface area (Å²) in [5, 5.41) is 0. The number of benzene rings is 2. The van der Waals surface area contributed by atoms with Crippen LogP contribution >= 0.6 is 0 Å². The van der Waals surface area contributed by atoms with Crippen LogP contribution in [0.15, 0.2) is 48.5 Å². The highest BCUT2D eigenvalue weighted by Crippen LogP contribution is 2.26. The van der Waals surface area contributed by atoms with Gasteiger partial charge in [0.05, 0.1) is 7.11 Å². The van der Waals surface area contributed by atoms with E-state index in [2.05, 4.69) is 0 Å². The van der Waals surface area contributed by atoms with Crippen LogP contribution in [0.2, 0.25) is 0 Å². The topological polar surface area (TPSA) is 26.3 Å². The summed E-state index contributed by atoms with van der Waals surface area (Å²) in [7, 11) is 1.60. The number of halogens is 1. The second kappa shape index (κ2) is 6.08. The number of hydrogen-bond donors (Lipinski definition) is 0. The first-order valence-electron chi connectivity index (χ1n) is 6.86. The molecule has 0 unspecified atom stereocenters. The van der Waals surface area contributed by atoms with Gasteiger partial charge in [-0.1, -0.05) is 24.3 Å². The number of methoxy groups -OCH3 is 1. The van der Waals surface area contributed by atoms with Crippen LogP contribution in [-0.2, 0) is 16.6 Å². The third-order valence-corrected chi connectivity index (χ3v) is 3.76. The molecule has 0 N–H and O–H groups in total. The highest BCUT2D eigenvalue weighted by Gasteiger charge is 2.29. The molecule has 0 aliphatic heterocycles. The number of ether oxygens (including phenoxy) is 1. The standard InChI is InChI=1S/C18H19FO2/c1-18(2,14-7-9-15(19)10-8-14)17(20)12-13-5-4-6-16(11-13)21-3/h4-11H,12H2,1-3H3. The maximum Gasteiger partial charge on any atom is 0.147 e. The fraction of sp³-hybridized carbons (Fsp3) is 0.278. The van der Waals surface area contributed by atoms with Gasteiger partial charge in [0.25, 0.3) is 0 Å². The lowest BCUT2D eigenvalue weighted by molar-refractivity contribution is -0.122. The molecule has 0 aliphatic carbocycles. The molecule has 0 heterocycles. The Morgan fingerprint density at radius 2 is 1.81 bits per heavy atom. The third kappa shape index (κ3) is 3.48. The van der Waals surface area contributed by atoms with Crippen LogP contribution in [0, 0.1) is 5.82 Å². The van der Waals surface area contributed by atoms with E-state index in [1.54, 1.807) is 19.2 Å². The molecule has 0 aromatic heterocycles. The summed E-state index contributed by atoms with van der Waals surface area (Å²) >= 11 is 0. The minimum atomic E-state index is -0.656. The quantitative estimate of drug-likeness (QED) is 0.832. The van der Waals surface area contributed by atoms with E-state index >= 15 is 0 Å². The summed E-state index contributed by atoms with van der Waals surface area (Å²) in [4.78, 5) is 12.6. The van der Waals surface area contributed by atoms with Crippen molar-refractivity contribution in [3.8, 4) is 5.75 Å². The average molecular weight is 286 g/mol. The zero-order valence-electron chi connectivity index (χ0n) is 12.5. The summed E-state index contributed by atoms with van der Waals surface area (Å²) in [6, 6.07) is 13.6. The van der Waals surface area contributed by atoms with Gasteiger partial charge >= 0.3 is 0 Å². The van der Waals surface area contributed by atoms with Gasteiger partial charge in [-0.05, 0) is 49.2 Å². The number of Topliss-reactive ketones (excluding diaryl/α,β-unsaturated/α-hetero) is 1. The summed E-state index contributed by atoms with van der Waals surface area (Å²) in [6.45, 7) is 3.73. The lowest BCUT2D eigenvalue weighted by Gasteiger charge is -2.24. The Kier molecular flexibility index (Phi) is 4.41. The molecule has 2 aromatic rings. The zero-order valence-corrected chi connectivity index (χ0v) is 12.5. The molecule has 110 valence electrons. The van der Waals surface area contributed by atoms with Crippen molar-refractivity contribution in [1.29, 1.82) is 0 Å². The van der Waals surface area contributed by atoms with E-state index in [-0.39, 0.29) is 11.6 Å². The van der Waals surface area contributed by atoms with Gasteiger partial charge < -0.3 is 4.74 Å². The van der Waals surface area contributed by atoms with Crippen LogP contribution in [0.4, 0.5) is 4.39 Å². The van der Waals surface area contributed by atoms with E-state index < -0.39 is 5.41 Å². The fourth-order valence-corrected chi connectivity index (χ4v) is 2.22. The predicted octanol–water partition coefficient (Wildman–Crippen LogP) is 3.92. The van der Waals surface area contributed by atoms with Gasteiger partial charge in [0.1, 0.15) is 17.3 Å². The van der Waals surface area contributed by atoms with Crippen molar-refractivity contribution in [1.82, 2.24) is 0 Å². The van der Waals surface area contributed by atoms with E-state index in [9.17, 15) is 9.18 Å². The van der Waals surface area contributed by atoms with Gasteiger partial charge in [-0.15, -0.1) is 0 Å². The molecular weight excluding hydrogens is 267 g/mol. The second-order valence-electron chi connectivity index (χ2n) is 5.58. The van der Waals surface area contributed by atoms with Crippen LogP contribution in [0.5, 0.6) is 5.75 Å². The minimum Gasteiger partial charge on any atom is -0.497 e. The number of rotatable bonds is 5. The van der Waals surface area contributed by atoms with Crippen LogP contribution in [0.25, 0.3) is 0 Å². The molecule has 0 saturated carbocycles. The SMILES string of the molecule is COc1cccc(CC(=O)C(C)(C)c2ccc(F)cc2)c1. The summed E-state index contributed by atoms with van der Waals surface area (Å²) in [5.41, 5.74) is 1.07. The monoisotopic (exact) mass is 286 g/mol. The number of ketones is 1. The van der Waals surface area contributed by atoms with Gasteiger partial charge in [0, 0.05) is 11.8 Å². The van der Waals surface area contributed by atoms with Crippen molar-refractivity contribution in [3.63, 3.8) is 0 Å². The molecule has 0 radical (unpaired) electrons. The highest BCUT2D eigenvalue weighted by atomic mass is 19.1. The van der Waals surface area contributed by atoms with E-state index in [4.69, 9.17) is 4.74 Å². The molecule has 0 saturated heterocycles. The Morgan fingerprint density at radius 1 is 1.14 bits per heavy atom. The van der Waals surface area contributed by atoms with Gasteiger partial charge in [-0.3, -0.25) is 4.79 Å². The molecule has 3 heteroatoms. The van der Waals surface area contributed by atoms with E-state index in [1.807, 2.05) is 38.1 Å². The van der Waals surface area contributed by atoms with Crippen LogP contribution in [-0.4, -0.2) is 12.9 Å². The molecular formula is C18H19FO2. The van der Waals surface area contributed by atoms with Crippen molar-refractivity contribution < 1.29 is 13.9 Å².